The highest BCUT2D eigenvalue weighted by molar-refractivity contribution is 7.09. The van der Waals surface area contributed by atoms with E-state index < -0.39 is 0 Å². The van der Waals surface area contributed by atoms with E-state index in [-0.39, 0.29) is 10.6 Å². The average Bonchev–Trinajstić information content (AvgIpc) is 3.19. The molecule has 0 aliphatic carbocycles. The van der Waals surface area contributed by atoms with Gasteiger partial charge in [0.25, 0.3) is 5.69 Å². The Balaban J connectivity index is 1.59. The van der Waals surface area contributed by atoms with E-state index >= 15 is 0 Å². The van der Waals surface area contributed by atoms with Crippen LogP contribution in [0.3, 0.4) is 0 Å². The first-order valence-electron chi connectivity index (χ1n) is 9.17. The number of piperazine rings is 1. The van der Waals surface area contributed by atoms with Crippen molar-refractivity contribution in [1.29, 1.82) is 0 Å². The summed E-state index contributed by atoms with van der Waals surface area (Å²) < 4.78 is 0. The lowest BCUT2D eigenvalue weighted by molar-refractivity contribution is -0.384. The predicted molar refractivity (Wildman–Crippen MR) is 109 cm³/mol. The van der Waals surface area contributed by atoms with Gasteiger partial charge in [-0.05, 0) is 23.9 Å². The van der Waals surface area contributed by atoms with E-state index in [4.69, 9.17) is 4.99 Å². The van der Waals surface area contributed by atoms with Crippen molar-refractivity contribution in [2.75, 3.05) is 32.7 Å². The number of aliphatic imine (C=N–C) groups is 1. The molecular formula is C19H25N5O2S. The maximum Gasteiger partial charge on any atom is 0.269 e. The molecule has 0 spiro atoms. The van der Waals surface area contributed by atoms with Crippen LogP contribution in [0, 0.1) is 10.1 Å². The van der Waals surface area contributed by atoms with E-state index in [1.807, 2.05) is 6.07 Å². The van der Waals surface area contributed by atoms with Gasteiger partial charge in [-0.1, -0.05) is 18.2 Å². The first kappa shape index (κ1) is 19.3. The van der Waals surface area contributed by atoms with Gasteiger partial charge in [-0.2, -0.15) is 0 Å². The minimum absolute atomic E-state index is 0.106. The molecule has 1 aliphatic rings. The third-order valence-electron chi connectivity index (χ3n) is 4.50. The second-order valence-electron chi connectivity index (χ2n) is 6.44. The number of thiophene rings is 1. The smallest absolute Gasteiger partial charge is 0.269 e. The molecule has 1 N–H and O–H groups in total. The first-order chi connectivity index (χ1) is 13.2. The fourth-order valence-corrected chi connectivity index (χ4v) is 3.85. The molecule has 0 amide bonds. The number of benzene rings is 1. The minimum atomic E-state index is -0.370. The molecule has 0 unspecified atom stereocenters. The van der Waals surface area contributed by atoms with E-state index in [0.29, 0.717) is 6.54 Å². The Kier molecular flexibility index (Phi) is 6.78. The van der Waals surface area contributed by atoms with Gasteiger partial charge in [0.05, 0.1) is 11.5 Å². The highest BCUT2D eigenvalue weighted by Crippen LogP contribution is 2.15. The zero-order valence-corrected chi connectivity index (χ0v) is 16.3. The van der Waals surface area contributed by atoms with Gasteiger partial charge in [-0.15, -0.1) is 11.3 Å². The molecule has 2 heterocycles. The van der Waals surface area contributed by atoms with Gasteiger partial charge in [-0.25, -0.2) is 4.99 Å². The van der Waals surface area contributed by atoms with Crippen molar-refractivity contribution in [3.63, 3.8) is 0 Å². The molecular weight excluding hydrogens is 362 g/mol. The number of nitrogens with zero attached hydrogens (tertiary/aromatic N) is 4. The van der Waals surface area contributed by atoms with Crippen LogP contribution in [0.15, 0.2) is 46.8 Å². The number of guanidine groups is 1. The molecule has 1 aromatic heterocycles. The molecule has 0 atom stereocenters. The van der Waals surface area contributed by atoms with Crippen LogP contribution >= 0.6 is 11.3 Å². The summed E-state index contributed by atoms with van der Waals surface area (Å²) in [5, 5.41) is 16.4. The lowest BCUT2D eigenvalue weighted by Crippen LogP contribution is -2.52. The molecule has 0 radical (unpaired) electrons. The quantitative estimate of drug-likeness (QED) is 0.357. The Labute approximate surface area is 163 Å². The predicted octanol–water partition coefficient (Wildman–Crippen LogP) is 2.94. The van der Waals surface area contributed by atoms with Crippen LogP contribution in [0.2, 0.25) is 0 Å². The van der Waals surface area contributed by atoms with Crippen LogP contribution in [0.5, 0.6) is 0 Å². The summed E-state index contributed by atoms with van der Waals surface area (Å²) in [5.41, 5.74) is 0.950. The SMILES string of the molecule is CCNC(=NCc1cccc([N+](=O)[O-])c1)N1CCN(Cc2cccs2)CC1. The van der Waals surface area contributed by atoms with Crippen LogP contribution in [-0.4, -0.2) is 53.4 Å². The van der Waals surface area contributed by atoms with Crippen molar-refractivity contribution in [2.45, 2.75) is 20.0 Å². The molecule has 1 aromatic carbocycles. The van der Waals surface area contributed by atoms with Gasteiger partial charge in [0.2, 0.25) is 0 Å². The summed E-state index contributed by atoms with van der Waals surface area (Å²) in [6, 6.07) is 11.0. The number of nitro benzene ring substituents is 1. The van der Waals surface area contributed by atoms with Crippen LogP contribution in [-0.2, 0) is 13.1 Å². The van der Waals surface area contributed by atoms with Crippen LogP contribution < -0.4 is 5.32 Å². The fourth-order valence-electron chi connectivity index (χ4n) is 3.10. The molecule has 27 heavy (non-hydrogen) atoms. The first-order valence-corrected chi connectivity index (χ1v) is 10.0. The largest absolute Gasteiger partial charge is 0.357 e. The lowest BCUT2D eigenvalue weighted by Gasteiger charge is -2.36. The van der Waals surface area contributed by atoms with Crippen LogP contribution in [0.1, 0.15) is 17.4 Å². The van der Waals surface area contributed by atoms with E-state index in [2.05, 4.69) is 39.6 Å². The van der Waals surface area contributed by atoms with Crippen molar-refractivity contribution >= 4 is 23.0 Å². The van der Waals surface area contributed by atoms with Gasteiger partial charge in [0.1, 0.15) is 0 Å². The molecule has 144 valence electrons. The summed E-state index contributed by atoms with van der Waals surface area (Å²) in [6.07, 6.45) is 0. The molecule has 2 aromatic rings. The number of non-ortho nitro benzene ring substituents is 1. The highest BCUT2D eigenvalue weighted by Gasteiger charge is 2.20. The highest BCUT2D eigenvalue weighted by atomic mass is 32.1. The molecule has 7 nitrogen and oxygen atoms in total. The number of hydrogen-bond acceptors (Lipinski definition) is 5. The van der Waals surface area contributed by atoms with Crippen molar-refractivity contribution in [2.24, 2.45) is 4.99 Å². The van der Waals surface area contributed by atoms with Crippen molar-refractivity contribution in [3.05, 3.63) is 62.3 Å². The topological polar surface area (TPSA) is 74.0 Å². The molecule has 1 fully saturated rings. The van der Waals surface area contributed by atoms with Gasteiger partial charge >= 0.3 is 0 Å². The summed E-state index contributed by atoms with van der Waals surface area (Å²) >= 11 is 1.80. The normalized spacial score (nSPS) is 15.7. The fraction of sp³-hybridized carbons (Fsp3) is 0.421. The van der Waals surface area contributed by atoms with Gasteiger partial charge < -0.3 is 10.2 Å². The number of rotatable bonds is 6. The van der Waals surface area contributed by atoms with E-state index in [0.717, 1.165) is 50.8 Å². The minimum Gasteiger partial charge on any atom is -0.357 e. The summed E-state index contributed by atoms with van der Waals surface area (Å²) in [4.78, 5) is 21.4. The second-order valence-corrected chi connectivity index (χ2v) is 7.47. The van der Waals surface area contributed by atoms with Gasteiger partial charge in [-0.3, -0.25) is 15.0 Å². The zero-order chi connectivity index (χ0) is 19.1. The van der Waals surface area contributed by atoms with Crippen molar-refractivity contribution in [3.8, 4) is 0 Å². The molecule has 0 saturated carbocycles. The molecule has 1 aliphatic heterocycles. The molecule has 1 saturated heterocycles. The zero-order valence-electron chi connectivity index (χ0n) is 15.5. The van der Waals surface area contributed by atoms with Crippen molar-refractivity contribution < 1.29 is 4.92 Å². The van der Waals surface area contributed by atoms with Crippen molar-refractivity contribution in [1.82, 2.24) is 15.1 Å². The summed E-state index contributed by atoms with van der Waals surface area (Å²) in [5.74, 6) is 0.875. The monoisotopic (exact) mass is 387 g/mol. The Morgan fingerprint density at radius 3 is 2.74 bits per heavy atom. The third kappa shape index (κ3) is 5.51. The van der Waals surface area contributed by atoms with Gasteiger partial charge in [0.15, 0.2) is 5.96 Å². The van der Waals surface area contributed by atoms with E-state index in [1.165, 1.54) is 10.9 Å². The van der Waals surface area contributed by atoms with E-state index in [9.17, 15) is 10.1 Å². The number of nitro groups is 1. The Bertz CT molecular complexity index is 770. The van der Waals surface area contributed by atoms with E-state index in [1.54, 1.807) is 23.5 Å². The third-order valence-corrected chi connectivity index (χ3v) is 5.36. The molecule has 8 heteroatoms. The average molecular weight is 388 g/mol. The second kappa shape index (κ2) is 9.48. The number of nitrogens with one attached hydrogen (secondary N) is 1. The van der Waals surface area contributed by atoms with Gasteiger partial charge in [0, 0.05) is 56.3 Å². The molecule has 3 rings (SSSR count). The summed E-state index contributed by atoms with van der Waals surface area (Å²) in [7, 11) is 0. The maximum absolute atomic E-state index is 10.9. The Hall–Kier alpha value is -2.45. The lowest BCUT2D eigenvalue weighted by atomic mass is 10.2. The van der Waals surface area contributed by atoms with Crippen LogP contribution in [0.4, 0.5) is 5.69 Å². The standard InChI is InChI=1S/C19H25N5O2S/c1-2-20-19(21-14-16-5-3-6-17(13-16)24(25)26)23-10-8-22(9-11-23)15-18-7-4-12-27-18/h3-7,12-13H,2,8-11,14-15H2,1H3,(H,20,21). The molecule has 0 bridgehead atoms. The Morgan fingerprint density at radius 2 is 2.07 bits per heavy atom. The summed E-state index contributed by atoms with van der Waals surface area (Å²) in [6.45, 7) is 8.13. The number of hydrogen-bond donors (Lipinski definition) is 1. The maximum atomic E-state index is 10.9. The Morgan fingerprint density at radius 1 is 1.26 bits per heavy atom. The van der Waals surface area contributed by atoms with Crippen LogP contribution in [0.25, 0.3) is 0 Å².